The zero-order valence-corrected chi connectivity index (χ0v) is 18.7. The number of aromatic hydroxyl groups is 2. The van der Waals surface area contributed by atoms with Crippen molar-refractivity contribution in [2.45, 2.75) is 53.4 Å². The van der Waals surface area contributed by atoms with Gasteiger partial charge in [0.2, 0.25) is 0 Å². The summed E-state index contributed by atoms with van der Waals surface area (Å²) in [6.45, 7) is 12.4. The molecule has 2 rings (SSSR count). The maximum absolute atomic E-state index is 9.35. The second-order valence-electron chi connectivity index (χ2n) is 6.46. The van der Waals surface area contributed by atoms with E-state index in [0.717, 1.165) is 11.1 Å². The first-order valence-electron chi connectivity index (χ1n) is 7.80. The van der Waals surface area contributed by atoms with Gasteiger partial charge in [-0.2, -0.15) is 0 Å². The summed E-state index contributed by atoms with van der Waals surface area (Å²) in [7, 11) is 0. The molecular formula is C20H29ClO2Zr. The van der Waals surface area contributed by atoms with E-state index in [-0.39, 0.29) is 38.6 Å². The standard InChI is InChI=1S/2C10H14O.ClH.Zr/c1-7(2)9-4-8(3)5-10(11)6-9;1-7(2)9-5-4-8(3)10(11)6-9;;/h2*4-7,11H,1-3H3;1H;. The van der Waals surface area contributed by atoms with E-state index in [1.165, 1.54) is 11.1 Å². The van der Waals surface area contributed by atoms with E-state index in [2.05, 4.69) is 39.8 Å². The Morgan fingerprint density at radius 1 is 0.750 bits per heavy atom. The van der Waals surface area contributed by atoms with E-state index in [0.29, 0.717) is 23.3 Å². The molecule has 0 amide bonds. The van der Waals surface area contributed by atoms with Crippen molar-refractivity contribution >= 4 is 12.4 Å². The van der Waals surface area contributed by atoms with Crippen LogP contribution >= 0.6 is 12.4 Å². The largest absolute Gasteiger partial charge is 0.508 e. The molecule has 2 N–H and O–H groups in total. The fraction of sp³-hybridized carbons (Fsp3) is 0.400. The van der Waals surface area contributed by atoms with Crippen molar-refractivity contribution in [3.05, 3.63) is 58.7 Å². The second-order valence-corrected chi connectivity index (χ2v) is 6.46. The number of hydrogen-bond donors (Lipinski definition) is 2. The zero-order valence-electron chi connectivity index (χ0n) is 15.4. The summed E-state index contributed by atoms with van der Waals surface area (Å²) >= 11 is 0. The molecule has 0 spiro atoms. The van der Waals surface area contributed by atoms with Crippen molar-refractivity contribution in [3.63, 3.8) is 0 Å². The molecule has 132 valence electrons. The van der Waals surface area contributed by atoms with Crippen LogP contribution in [-0.2, 0) is 26.2 Å². The summed E-state index contributed by atoms with van der Waals surface area (Å²) < 4.78 is 0. The van der Waals surface area contributed by atoms with Crippen LogP contribution in [0.3, 0.4) is 0 Å². The predicted octanol–water partition coefficient (Wildman–Crippen LogP) is 6.07. The summed E-state index contributed by atoms with van der Waals surface area (Å²) in [5.74, 6) is 1.74. The number of halogens is 1. The van der Waals surface area contributed by atoms with Crippen LogP contribution in [0.1, 0.15) is 61.8 Å². The summed E-state index contributed by atoms with van der Waals surface area (Å²) in [6, 6.07) is 11.5. The van der Waals surface area contributed by atoms with Crippen molar-refractivity contribution in [1.82, 2.24) is 0 Å². The second kappa shape index (κ2) is 11.7. The molecule has 2 aromatic carbocycles. The number of aryl methyl sites for hydroxylation is 2. The number of phenolic OH excluding ortho intramolecular Hbond substituents is 2. The van der Waals surface area contributed by atoms with E-state index in [9.17, 15) is 10.2 Å². The quantitative estimate of drug-likeness (QED) is 0.610. The Bertz CT molecular complexity index is 605. The Kier molecular flexibility index (Phi) is 12.4. The molecule has 4 heteroatoms. The third-order valence-corrected chi connectivity index (χ3v) is 3.65. The SMILES string of the molecule is Cc1cc(O)cc(C(C)C)c1.Cc1ccc(C(C)C)cc1O.Cl.[Zr]. The molecule has 0 aliphatic rings. The molecule has 0 bridgehead atoms. The number of phenols is 2. The van der Waals surface area contributed by atoms with Gasteiger partial charge in [0.15, 0.2) is 0 Å². The molecule has 24 heavy (non-hydrogen) atoms. The maximum atomic E-state index is 9.35. The van der Waals surface area contributed by atoms with Gasteiger partial charge in [0, 0.05) is 26.2 Å². The van der Waals surface area contributed by atoms with Gasteiger partial charge in [-0.15, -0.1) is 12.4 Å². The monoisotopic (exact) mass is 426 g/mol. The minimum absolute atomic E-state index is 0. The summed E-state index contributed by atoms with van der Waals surface area (Å²) in [4.78, 5) is 0. The predicted molar refractivity (Wildman–Crippen MR) is 101 cm³/mol. The zero-order chi connectivity index (χ0) is 16.9. The summed E-state index contributed by atoms with van der Waals surface area (Å²) in [5, 5.41) is 18.6. The fourth-order valence-corrected chi connectivity index (χ4v) is 2.11. The molecule has 0 atom stereocenters. The first-order valence-corrected chi connectivity index (χ1v) is 7.80. The van der Waals surface area contributed by atoms with Crippen molar-refractivity contribution in [2.24, 2.45) is 0 Å². The molecule has 2 nitrogen and oxygen atoms in total. The van der Waals surface area contributed by atoms with Crippen LogP contribution in [0.25, 0.3) is 0 Å². The van der Waals surface area contributed by atoms with Gasteiger partial charge in [-0.25, -0.2) is 0 Å². The molecule has 2 aromatic rings. The first kappa shape index (κ1) is 25.5. The van der Waals surface area contributed by atoms with Crippen LogP contribution in [0, 0.1) is 13.8 Å². The Labute approximate surface area is 171 Å². The Hall–Kier alpha value is -0.787. The average Bonchev–Trinajstić information content (AvgIpc) is 2.41. The third kappa shape index (κ3) is 8.35. The topological polar surface area (TPSA) is 40.5 Å². The minimum Gasteiger partial charge on any atom is -0.508 e. The normalized spacial score (nSPS) is 9.67. The van der Waals surface area contributed by atoms with Gasteiger partial charge in [-0.05, 0) is 66.1 Å². The van der Waals surface area contributed by atoms with E-state index in [4.69, 9.17) is 0 Å². The third-order valence-electron chi connectivity index (χ3n) is 3.65. The molecule has 0 saturated heterocycles. The molecule has 0 saturated carbocycles. The van der Waals surface area contributed by atoms with Crippen molar-refractivity contribution in [2.75, 3.05) is 0 Å². The van der Waals surface area contributed by atoms with Crippen LogP contribution < -0.4 is 0 Å². The van der Waals surface area contributed by atoms with E-state index in [1.807, 2.05) is 32.0 Å². The van der Waals surface area contributed by atoms with Crippen molar-refractivity contribution in [1.29, 1.82) is 0 Å². The van der Waals surface area contributed by atoms with Gasteiger partial charge in [-0.1, -0.05) is 45.9 Å². The number of hydrogen-bond acceptors (Lipinski definition) is 2. The maximum Gasteiger partial charge on any atom is 0.118 e. The van der Waals surface area contributed by atoms with Gasteiger partial charge in [-0.3, -0.25) is 0 Å². The first-order chi connectivity index (χ1) is 10.2. The van der Waals surface area contributed by atoms with Crippen LogP contribution in [0.2, 0.25) is 0 Å². The Balaban J connectivity index is 0. The van der Waals surface area contributed by atoms with Crippen molar-refractivity contribution < 1.29 is 36.4 Å². The van der Waals surface area contributed by atoms with Gasteiger partial charge in [0.25, 0.3) is 0 Å². The fourth-order valence-electron chi connectivity index (χ4n) is 2.11. The number of benzene rings is 2. The Morgan fingerprint density at radius 2 is 1.29 bits per heavy atom. The van der Waals surface area contributed by atoms with Gasteiger partial charge >= 0.3 is 0 Å². The molecular weight excluding hydrogens is 399 g/mol. The van der Waals surface area contributed by atoms with E-state index < -0.39 is 0 Å². The molecule has 0 unspecified atom stereocenters. The van der Waals surface area contributed by atoms with E-state index in [1.54, 1.807) is 6.07 Å². The van der Waals surface area contributed by atoms with Gasteiger partial charge < -0.3 is 10.2 Å². The van der Waals surface area contributed by atoms with Crippen molar-refractivity contribution in [3.8, 4) is 11.5 Å². The molecule has 0 fully saturated rings. The Morgan fingerprint density at radius 3 is 1.71 bits per heavy atom. The van der Waals surface area contributed by atoms with Gasteiger partial charge in [0.05, 0.1) is 0 Å². The molecule has 0 aromatic heterocycles. The van der Waals surface area contributed by atoms with E-state index >= 15 is 0 Å². The number of rotatable bonds is 2. The van der Waals surface area contributed by atoms with Crippen LogP contribution in [0.5, 0.6) is 11.5 Å². The van der Waals surface area contributed by atoms with Gasteiger partial charge in [0.1, 0.15) is 11.5 Å². The molecule has 0 radical (unpaired) electrons. The minimum atomic E-state index is 0. The summed E-state index contributed by atoms with van der Waals surface area (Å²) in [6.07, 6.45) is 0. The van der Waals surface area contributed by atoms with Crippen LogP contribution in [-0.4, -0.2) is 10.2 Å². The summed E-state index contributed by atoms with van der Waals surface area (Å²) in [5.41, 5.74) is 4.44. The molecule has 0 aliphatic heterocycles. The average molecular weight is 428 g/mol. The van der Waals surface area contributed by atoms with Crippen LogP contribution in [0.15, 0.2) is 36.4 Å². The smallest absolute Gasteiger partial charge is 0.118 e. The molecule has 0 aliphatic carbocycles. The molecule has 0 heterocycles. The van der Waals surface area contributed by atoms with Crippen LogP contribution in [0.4, 0.5) is 0 Å².